The highest BCUT2D eigenvalue weighted by molar-refractivity contribution is 5.62. The number of pyridine rings is 1. The molecule has 0 bridgehead atoms. The van der Waals surface area contributed by atoms with Gasteiger partial charge in [0.15, 0.2) is 0 Å². The van der Waals surface area contributed by atoms with Gasteiger partial charge in [-0.2, -0.15) is 0 Å². The molecule has 0 aliphatic heterocycles. The minimum atomic E-state index is -0.322. The lowest BCUT2D eigenvalue weighted by atomic mass is 10.1. The average molecular weight is 166 g/mol. The third kappa shape index (κ3) is 2.13. The van der Waals surface area contributed by atoms with Crippen LogP contribution in [0.25, 0.3) is 5.57 Å². The number of rotatable bonds is 2. The van der Waals surface area contributed by atoms with Gasteiger partial charge in [0, 0.05) is 12.7 Å². The van der Waals surface area contributed by atoms with Crippen LogP contribution in [0.3, 0.4) is 0 Å². The summed E-state index contributed by atoms with van der Waals surface area (Å²) in [7, 11) is 0. The Bertz CT molecular complexity index is 294. The van der Waals surface area contributed by atoms with Gasteiger partial charge in [0.1, 0.15) is 5.82 Å². The molecule has 2 nitrogen and oxygen atoms in total. The van der Waals surface area contributed by atoms with Gasteiger partial charge in [0.25, 0.3) is 0 Å². The van der Waals surface area contributed by atoms with Crippen molar-refractivity contribution in [3.05, 3.63) is 35.9 Å². The van der Waals surface area contributed by atoms with Crippen LogP contribution in [0.15, 0.2) is 24.5 Å². The van der Waals surface area contributed by atoms with E-state index in [1.807, 2.05) is 13.0 Å². The number of allylic oxidation sites excluding steroid dienone is 1. The lowest BCUT2D eigenvalue weighted by Gasteiger charge is -1.99. The second-order valence-electron chi connectivity index (χ2n) is 2.51. The molecule has 1 aromatic heterocycles. The lowest BCUT2D eigenvalue weighted by molar-refractivity contribution is 0.621. The Labute approximate surface area is 70.9 Å². The van der Waals surface area contributed by atoms with Crippen molar-refractivity contribution in [1.82, 2.24) is 4.98 Å². The summed E-state index contributed by atoms with van der Waals surface area (Å²) in [5, 5.41) is 0. The minimum absolute atomic E-state index is 0.322. The van der Waals surface area contributed by atoms with E-state index in [0.29, 0.717) is 6.54 Å². The number of nitrogens with zero attached hydrogens (tertiary/aromatic N) is 1. The molecule has 0 atom stereocenters. The molecule has 0 saturated heterocycles. The zero-order chi connectivity index (χ0) is 8.97. The van der Waals surface area contributed by atoms with Gasteiger partial charge in [0.2, 0.25) is 0 Å². The summed E-state index contributed by atoms with van der Waals surface area (Å²) in [5.74, 6) is -0.322. The SMILES string of the molecule is C/C(=C/CN)c1cncc(F)c1. The van der Waals surface area contributed by atoms with Crippen LogP contribution >= 0.6 is 0 Å². The van der Waals surface area contributed by atoms with Gasteiger partial charge in [0.05, 0.1) is 6.20 Å². The Morgan fingerprint density at radius 3 is 3.00 bits per heavy atom. The second-order valence-corrected chi connectivity index (χ2v) is 2.51. The van der Waals surface area contributed by atoms with Crippen molar-refractivity contribution in [1.29, 1.82) is 0 Å². The van der Waals surface area contributed by atoms with Gasteiger partial charge in [-0.3, -0.25) is 4.98 Å². The first kappa shape index (κ1) is 8.87. The molecule has 0 aliphatic rings. The first-order valence-electron chi connectivity index (χ1n) is 3.72. The maximum Gasteiger partial charge on any atom is 0.142 e. The molecule has 2 N–H and O–H groups in total. The van der Waals surface area contributed by atoms with Crippen molar-refractivity contribution in [2.24, 2.45) is 5.73 Å². The van der Waals surface area contributed by atoms with Crippen molar-refractivity contribution in [2.45, 2.75) is 6.92 Å². The summed E-state index contributed by atoms with van der Waals surface area (Å²) in [6, 6.07) is 1.44. The monoisotopic (exact) mass is 166 g/mol. The van der Waals surface area contributed by atoms with Gasteiger partial charge >= 0.3 is 0 Å². The molecule has 3 heteroatoms. The molecule has 0 radical (unpaired) electrons. The van der Waals surface area contributed by atoms with Crippen LogP contribution in [-0.2, 0) is 0 Å². The summed E-state index contributed by atoms with van der Waals surface area (Å²) in [6.07, 6.45) is 4.63. The van der Waals surface area contributed by atoms with E-state index in [1.54, 1.807) is 6.20 Å². The highest BCUT2D eigenvalue weighted by atomic mass is 19.1. The van der Waals surface area contributed by atoms with E-state index in [9.17, 15) is 4.39 Å². The Hall–Kier alpha value is -1.22. The molecule has 0 aliphatic carbocycles. The molecule has 0 saturated carbocycles. The summed E-state index contributed by atoms with van der Waals surface area (Å²) >= 11 is 0. The molecule has 1 aromatic rings. The van der Waals surface area contributed by atoms with Crippen molar-refractivity contribution in [3.8, 4) is 0 Å². The first-order valence-corrected chi connectivity index (χ1v) is 3.72. The molecule has 0 spiro atoms. The summed E-state index contributed by atoms with van der Waals surface area (Å²) in [6.45, 7) is 2.34. The summed E-state index contributed by atoms with van der Waals surface area (Å²) in [5.41, 5.74) is 7.04. The predicted molar refractivity (Wildman–Crippen MR) is 46.9 cm³/mol. The van der Waals surface area contributed by atoms with E-state index in [4.69, 9.17) is 5.73 Å². The lowest BCUT2D eigenvalue weighted by Crippen LogP contribution is -1.95. The maximum absolute atomic E-state index is 12.6. The minimum Gasteiger partial charge on any atom is -0.327 e. The summed E-state index contributed by atoms with van der Waals surface area (Å²) < 4.78 is 12.6. The Morgan fingerprint density at radius 2 is 2.42 bits per heavy atom. The molecule has 0 fully saturated rings. The topological polar surface area (TPSA) is 38.9 Å². The van der Waals surface area contributed by atoms with Crippen LogP contribution in [0.1, 0.15) is 12.5 Å². The highest BCUT2D eigenvalue weighted by Gasteiger charge is 1.96. The molecule has 0 aromatic carbocycles. The maximum atomic E-state index is 12.6. The second kappa shape index (κ2) is 3.97. The summed E-state index contributed by atoms with van der Waals surface area (Å²) in [4.78, 5) is 3.73. The van der Waals surface area contributed by atoms with E-state index in [2.05, 4.69) is 4.98 Å². The van der Waals surface area contributed by atoms with Crippen molar-refractivity contribution in [2.75, 3.05) is 6.54 Å². The number of halogens is 1. The number of hydrogen-bond donors (Lipinski definition) is 1. The van der Waals surface area contributed by atoms with Gasteiger partial charge in [-0.25, -0.2) is 4.39 Å². The average Bonchev–Trinajstić information content (AvgIpc) is 2.05. The zero-order valence-corrected chi connectivity index (χ0v) is 6.92. The van der Waals surface area contributed by atoms with Crippen LogP contribution < -0.4 is 5.73 Å². The zero-order valence-electron chi connectivity index (χ0n) is 6.92. The standard InChI is InChI=1S/C9H11FN2/c1-7(2-3-11)8-4-9(10)6-12-5-8/h2,4-6H,3,11H2,1H3/b7-2-. The van der Waals surface area contributed by atoms with Crippen LogP contribution in [0.4, 0.5) is 4.39 Å². The molecular formula is C9H11FN2. The molecule has 0 unspecified atom stereocenters. The van der Waals surface area contributed by atoms with Crippen molar-refractivity contribution in [3.63, 3.8) is 0 Å². The Balaban J connectivity index is 2.95. The van der Waals surface area contributed by atoms with E-state index >= 15 is 0 Å². The third-order valence-corrected chi connectivity index (χ3v) is 1.58. The van der Waals surface area contributed by atoms with Crippen LogP contribution in [-0.4, -0.2) is 11.5 Å². The third-order valence-electron chi connectivity index (χ3n) is 1.58. The fourth-order valence-electron chi connectivity index (χ4n) is 0.922. The van der Waals surface area contributed by atoms with E-state index < -0.39 is 0 Å². The molecule has 1 heterocycles. The Kier molecular flexibility index (Phi) is 2.94. The molecule has 64 valence electrons. The first-order chi connectivity index (χ1) is 5.74. The normalized spacial score (nSPS) is 11.8. The van der Waals surface area contributed by atoms with Crippen molar-refractivity contribution >= 4 is 5.57 Å². The molecule has 1 rings (SSSR count). The van der Waals surface area contributed by atoms with E-state index in [1.165, 1.54) is 12.3 Å². The Morgan fingerprint density at radius 1 is 1.67 bits per heavy atom. The van der Waals surface area contributed by atoms with E-state index in [0.717, 1.165) is 11.1 Å². The molecule has 12 heavy (non-hydrogen) atoms. The molecule has 0 amide bonds. The van der Waals surface area contributed by atoms with E-state index in [-0.39, 0.29) is 5.82 Å². The van der Waals surface area contributed by atoms with Crippen molar-refractivity contribution < 1.29 is 4.39 Å². The van der Waals surface area contributed by atoms with Gasteiger partial charge in [-0.1, -0.05) is 6.08 Å². The van der Waals surface area contributed by atoms with Gasteiger partial charge in [-0.05, 0) is 24.1 Å². The van der Waals surface area contributed by atoms with Crippen LogP contribution in [0.2, 0.25) is 0 Å². The number of aromatic nitrogens is 1. The fraction of sp³-hybridized carbons (Fsp3) is 0.222. The smallest absolute Gasteiger partial charge is 0.142 e. The highest BCUT2D eigenvalue weighted by Crippen LogP contribution is 2.12. The van der Waals surface area contributed by atoms with Crippen LogP contribution in [0.5, 0.6) is 0 Å². The number of hydrogen-bond acceptors (Lipinski definition) is 2. The largest absolute Gasteiger partial charge is 0.327 e. The van der Waals surface area contributed by atoms with Gasteiger partial charge in [-0.15, -0.1) is 0 Å². The van der Waals surface area contributed by atoms with Gasteiger partial charge < -0.3 is 5.73 Å². The van der Waals surface area contributed by atoms with Crippen LogP contribution in [0, 0.1) is 5.82 Å². The fourth-order valence-corrected chi connectivity index (χ4v) is 0.922. The molecular weight excluding hydrogens is 155 g/mol. The predicted octanol–water partition coefficient (Wildman–Crippen LogP) is 1.58. The number of nitrogens with two attached hydrogens (primary N) is 1. The quantitative estimate of drug-likeness (QED) is 0.724.